The van der Waals surface area contributed by atoms with Crippen LogP contribution in [0, 0.1) is 0 Å². The Morgan fingerprint density at radius 1 is 1.16 bits per heavy atom. The second-order valence-corrected chi connectivity index (χ2v) is 6.73. The second-order valence-electron chi connectivity index (χ2n) is 6.73. The molecule has 6 heteroatoms. The van der Waals surface area contributed by atoms with Crippen molar-refractivity contribution < 1.29 is 9.53 Å². The molecule has 0 spiro atoms. The lowest BCUT2D eigenvalue weighted by atomic mass is 10.1. The van der Waals surface area contributed by atoms with Crippen molar-refractivity contribution in [1.82, 2.24) is 14.9 Å². The highest BCUT2D eigenvalue weighted by Gasteiger charge is 2.29. The Morgan fingerprint density at radius 3 is 2.68 bits per heavy atom. The zero-order valence-corrected chi connectivity index (χ0v) is 14.3. The number of nitrogens with one attached hydrogen (secondary N) is 1. The Morgan fingerprint density at radius 2 is 1.96 bits per heavy atom. The van der Waals surface area contributed by atoms with Gasteiger partial charge in [0.05, 0.1) is 25.6 Å². The molecule has 1 aromatic heterocycles. The molecule has 2 aliphatic rings. The number of hydrogen-bond acceptors (Lipinski definition) is 4. The van der Waals surface area contributed by atoms with Crippen LogP contribution in [0.5, 0.6) is 0 Å². The predicted molar refractivity (Wildman–Crippen MR) is 95.8 cm³/mol. The molecule has 2 atom stereocenters. The van der Waals surface area contributed by atoms with Gasteiger partial charge in [-0.1, -0.05) is 0 Å². The van der Waals surface area contributed by atoms with E-state index in [9.17, 15) is 4.79 Å². The molecule has 1 aromatic carbocycles. The van der Waals surface area contributed by atoms with E-state index in [0.29, 0.717) is 11.6 Å². The van der Waals surface area contributed by atoms with Crippen molar-refractivity contribution in [2.24, 2.45) is 0 Å². The Balaban J connectivity index is 1.40. The van der Waals surface area contributed by atoms with Crippen LogP contribution in [0.1, 0.15) is 35.7 Å². The first-order valence-electron chi connectivity index (χ1n) is 9.02. The molecule has 2 aromatic rings. The van der Waals surface area contributed by atoms with Crippen LogP contribution in [0.2, 0.25) is 0 Å². The van der Waals surface area contributed by atoms with Gasteiger partial charge in [0, 0.05) is 42.8 Å². The van der Waals surface area contributed by atoms with E-state index in [4.69, 9.17) is 4.74 Å². The third-order valence-electron chi connectivity index (χ3n) is 5.21. The van der Waals surface area contributed by atoms with E-state index in [0.717, 1.165) is 51.3 Å². The van der Waals surface area contributed by atoms with Gasteiger partial charge in [0.25, 0.3) is 5.91 Å². The highest BCUT2D eigenvalue weighted by Crippen LogP contribution is 2.30. The highest BCUT2D eigenvalue weighted by molar-refractivity contribution is 5.94. The summed E-state index contributed by atoms with van der Waals surface area (Å²) >= 11 is 0. The minimum atomic E-state index is 0.00513. The van der Waals surface area contributed by atoms with Crippen LogP contribution in [0.3, 0.4) is 0 Å². The average molecular weight is 340 g/mol. The summed E-state index contributed by atoms with van der Waals surface area (Å²) in [5, 5.41) is 3.21. The number of rotatable bonds is 4. The summed E-state index contributed by atoms with van der Waals surface area (Å²) in [5.41, 5.74) is 1.87. The number of anilines is 1. The van der Waals surface area contributed by atoms with Crippen molar-refractivity contribution in [2.45, 2.75) is 31.3 Å². The van der Waals surface area contributed by atoms with Crippen molar-refractivity contribution in [2.75, 3.05) is 31.2 Å². The Bertz CT molecular complexity index is 693. The first-order chi connectivity index (χ1) is 12.3. The molecule has 1 saturated carbocycles. The standard InChI is InChI=1S/C19H24N4O2/c24-19(21-17-2-1-3-18(17)23-9-8-20-14-23)15-4-6-16(7-5-15)22-10-12-25-13-11-22/h4-9,14,17-18H,1-3,10-13H2,(H,21,24)/t17-,18-/m1/s1. The number of carbonyl (C=O) groups is 1. The fraction of sp³-hybridized carbons (Fsp3) is 0.474. The summed E-state index contributed by atoms with van der Waals surface area (Å²) in [6.07, 6.45) is 8.83. The number of carbonyl (C=O) groups excluding carboxylic acids is 1. The van der Waals surface area contributed by atoms with Gasteiger partial charge in [-0.25, -0.2) is 4.98 Å². The highest BCUT2D eigenvalue weighted by atomic mass is 16.5. The molecule has 1 N–H and O–H groups in total. The summed E-state index contributed by atoms with van der Waals surface area (Å²) in [4.78, 5) is 19.1. The number of nitrogens with zero attached hydrogens (tertiary/aromatic N) is 3. The van der Waals surface area contributed by atoms with E-state index in [-0.39, 0.29) is 11.9 Å². The number of imidazole rings is 1. The van der Waals surface area contributed by atoms with E-state index >= 15 is 0 Å². The molecule has 1 saturated heterocycles. The van der Waals surface area contributed by atoms with Crippen LogP contribution in [0.15, 0.2) is 43.0 Å². The minimum absolute atomic E-state index is 0.00513. The summed E-state index contributed by atoms with van der Waals surface area (Å²) in [6, 6.07) is 8.37. The third kappa shape index (κ3) is 3.54. The average Bonchev–Trinajstić information content (AvgIpc) is 3.34. The zero-order valence-electron chi connectivity index (χ0n) is 14.3. The number of hydrogen-bond donors (Lipinski definition) is 1. The molecule has 6 nitrogen and oxygen atoms in total. The van der Waals surface area contributed by atoms with Gasteiger partial charge in [-0.05, 0) is 43.5 Å². The fourth-order valence-corrected chi connectivity index (χ4v) is 3.83. The SMILES string of the molecule is O=C(N[C@@H]1CCC[C@H]1n1ccnc1)c1ccc(N2CCOCC2)cc1. The monoisotopic (exact) mass is 340 g/mol. The molecule has 0 radical (unpaired) electrons. The maximum Gasteiger partial charge on any atom is 0.251 e. The van der Waals surface area contributed by atoms with Crippen LogP contribution in [0.25, 0.3) is 0 Å². The Labute approximate surface area is 147 Å². The van der Waals surface area contributed by atoms with E-state index in [1.54, 1.807) is 6.20 Å². The van der Waals surface area contributed by atoms with Crippen molar-refractivity contribution in [1.29, 1.82) is 0 Å². The molecule has 2 fully saturated rings. The van der Waals surface area contributed by atoms with Gasteiger partial charge in [-0.2, -0.15) is 0 Å². The molecule has 1 aliphatic carbocycles. The van der Waals surface area contributed by atoms with Crippen molar-refractivity contribution in [3.8, 4) is 0 Å². The number of morpholine rings is 1. The van der Waals surface area contributed by atoms with Crippen LogP contribution in [0.4, 0.5) is 5.69 Å². The van der Waals surface area contributed by atoms with Crippen LogP contribution in [-0.2, 0) is 4.74 Å². The van der Waals surface area contributed by atoms with Crippen molar-refractivity contribution in [3.63, 3.8) is 0 Å². The molecule has 25 heavy (non-hydrogen) atoms. The van der Waals surface area contributed by atoms with Gasteiger partial charge >= 0.3 is 0 Å². The van der Waals surface area contributed by atoms with Crippen molar-refractivity contribution in [3.05, 3.63) is 48.5 Å². The molecule has 2 heterocycles. The number of benzene rings is 1. The first kappa shape index (κ1) is 16.1. The quantitative estimate of drug-likeness (QED) is 0.927. The molecule has 132 valence electrons. The molecular weight excluding hydrogens is 316 g/mol. The van der Waals surface area contributed by atoms with E-state index in [1.807, 2.05) is 36.8 Å². The smallest absolute Gasteiger partial charge is 0.251 e. The van der Waals surface area contributed by atoms with Crippen LogP contribution >= 0.6 is 0 Å². The summed E-state index contributed by atoms with van der Waals surface area (Å²) in [7, 11) is 0. The zero-order chi connectivity index (χ0) is 17.1. The van der Waals surface area contributed by atoms with Gasteiger partial charge in [0.1, 0.15) is 0 Å². The van der Waals surface area contributed by atoms with Crippen LogP contribution < -0.4 is 10.2 Å². The Hall–Kier alpha value is -2.34. The molecule has 1 aliphatic heterocycles. The Kier molecular flexibility index (Phi) is 4.70. The molecular formula is C19H24N4O2. The van der Waals surface area contributed by atoms with Gasteiger partial charge in [-0.3, -0.25) is 4.79 Å². The molecule has 0 unspecified atom stereocenters. The second kappa shape index (κ2) is 7.27. The van der Waals surface area contributed by atoms with Gasteiger partial charge in [0.2, 0.25) is 0 Å². The molecule has 0 bridgehead atoms. The van der Waals surface area contributed by atoms with E-state index < -0.39 is 0 Å². The third-order valence-corrected chi connectivity index (χ3v) is 5.21. The topological polar surface area (TPSA) is 59.4 Å². The number of ether oxygens (including phenoxy) is 1. The lowest BCUT2D eigenvalue weighted by molar-refractivity contribution is 0.0929. The molecule has 4 rings (SSSR count). The lowest BCUT2D eigenvalue weighted by Crippen LogP contribution is -2.38. The number of aromatic nitrogens is 2. The van der Waals surface area contributed by atoms with Crippen LogP contribution in [-0.4, -0.2) is 47.8 Å². The van der Waals surface area contributed by atoms with E-state index in [2.05, 4.69) is 19.8 Å². The lowest BCUT2D eigenvalue weighted by Gasteiger charge is -2.29. The largest absolute Gasteiger partial charge is 0.378 e. The van der Waals surface area contributed by atoms with Gasteiger partial charge in [-0.15, -0.1) is 0 Å². The minimum Gasteiger partial charge on any atom is -0.378 e. The number of amides is 1. The maximum atomic E-state index is 12.6. The summed E-state index contributed by atoms with van der Waals surface area (Å²) in [5.74, 6) is 0.00513. The maximum absolute atomic E-state index is 12.6. The molecule has 1 amide bonds. The van der Waals surface area contributed by atoms with Crippen molar-refractivity contribution >= 4 is 11.6 Å². The normalized spacial score (nSPS) is 23.6. The predicted octanol–water partition coefficient (Wildman–Crippen LogP) is 2.24. The fourth-order valence-electron chi connectivity index (χ4n) is 3.83. The first-order valence-corrected chi connectivity index (χ1v) is 9.02. The van der Waals surface area contributed by atoms with Gasteiger partial charge in [0.15, 0.2) is 0 Å². The summed E-state index contributed by atoms with van der Waals surface area (Å²) < 4.78 is 7.50. The summed E-state index contributed by atoms with van der Waals surface area (Å²) in [6.45, 7) is 3.33. The van der Waals surface area contributed by atoms with Gasteiger partial charge < -0.3 is 19.5 Å². The van der Waals surface area contributed by atoms with E-state index in [1.165, 1.54) is 0 Å².